The topological polar surface area (TPSA) is 120 Å². The molecule has 1 unspecified atom stereocenters. The number of ether oxygens (including phenoxy) is 1. The summed E-state index contributed by atoms with van der Waals surface area (Å²) in [6, 6.07) is 21.0. The largest absolute Gasteiger partial charge is 0.497 e. The molecular formula is C30H37ClN6O3. The van der Waals surface area contributed by atoms with Gasteiger partial charge in [0.2, 0.25) is 5.91 Å². The zero-order valence-corrected chi connectivity index (χ0v) is 24.0. The number of anilines is 4. The van der Waals surface area contributed by atoms with Crippen molar-refractivity contribution in [1.29, 1.82) is 0 Å². The standard InChI is InChI=1S/C16H15ClN4O.C12H16N2O.C2H6O/c1-18-15-16(20-13-6-4-3-5-12(13)19-15)21-14-9-10(22-2)7-8-11(14)17;1-9-4-2-5-10(8-9)14-12(15)11-6-3-7-13-11;1-2-3/h3-9H,1-2H3,(H,18,19)(H,20,21);2,4-5,8,11,13H,3,6-7H2,1H3,(H,14,15);3H,2H2,1H3. The third-order valence-corrected chi connectivity index (χ3v) is 6.23. The first-order valence-corrected chi connectivity index (χ1v) is 13.5. The number of aliphatic hydroxyl groups is 1. The summed E-state index contributed by atoms with van der Waals surface area (Å²) in [6.45, 7) is 4.90. The lowest BCUT2D eigenvalue weighted by molar-refractivity contribution is -0.117. The average molecular weight is 565 g/mol. The predicted octanol–water partition coefficient (Wildman–Crippen LogP) is 5.76. The Balaban J connectivity index is 0.000000213. The van der Waals surface area contributed by atoms with Crippen LogP contribution in [0.5, 0.6) is 5.75 Å². The highest BCUT2D eigenvalue weighted by Gasteiger charge is 2.21. The Labute approximate surface area is 240 Å². The lowest BCUT2D eigenvalue weighted by Crippen LogP contribution is -2.35. The summed E-state index contributed by atoms with van der Waals surface area (Å²) in [6.07, 6.45) is 2.03. The molecule has 10 heteroatoms. The molecule has 5 rings (SSSR count). The van der Waals surface area contributed by atoms with Crippen LogP contribution in [0.2, 0.25) is 5.02 Å². The van der Waals surface area contributed by atoms with Gasteiger partial charge in [0, 0.05) is 25.4 Å². The molecule has 4 aromatic rings. The van der Waals surface area contributed by atoms with E-state index in [4.69, 9.17) is 21.4 Å². The maximum absolute atomic E-state index is 11.8. The Morgan fingerprint density at radius 1 is 1.07 bits per heavy atom. The molecule has 3 aromatic carbocycles. The summed E-state index contributed by atoms with van der Waals surface area (Å²) in [4.78, 5) is 20.9. The molecule has 0 saturated carbocycles. The number of halogens is 1. The molecule has 9 nitrogen and oxygen atoms in total. The highest BCUT2D eigenvalue weighted by molar-refractivity contribution is 6.33. The summed E-state index contributed by atoms with van der Waals surface area (Å²) in [5.41, 5.74) is 4.39. The SMILES string of the molecule is CCO.CNc1nc2ccccc2nc1Nc1cc(OC)ccc1Cl.Cc1cccc(NC(=O)C2CCCN2)c1. The number of aryl methyl sites for hydroxylation is 1. The van der Waals surface area contributed by atoms with E-state index in [9.17, 15) is 4.79 Å². The molecule has 40 heavy (non-hydrogen) atoms. The number of carbonyl (C=O) groups excluding carboxylic acids is 1. The number of aliphatic hydroxyl groups excluding tert-OH is 1. The second kappa shape index (κ2) is 15.6. The first-order chi connectivity index (χ1) is 19.4. The number of para-hydroxylation sites is 2. The van der Waals surface area contributed by atoms with Crippen molar-refractivity contribution in [2.75, 3.05) is 43.3 Å². The number of amides is 1. The van der Waals surface area contributed by atoms with Crippen molar-refractivity contribution in [2.24, 2.45) is 0 Å². The van der Waals surface area contributed by atoms with E-state index < -0.39 is 0 Å². The smallest absolute Gasteiger partial charge is 0.241 e. The average Bonchev–Trinajstić information content (AvgIpc) is 3.50. The first kappa shape index (κ1) is 30.6. The zero-order chi connectivity index (χ0) is 28.9. The fourth-order valence-corrected chi connectivity index (χ4v) is 4.14. The summed E-state index contributed by atoms with van der Waals surface area (Å²) < 4.78 is 5.22. The van der Waals surface area contributed by atoms with E-state index in [0.29, 0.717) is 28.1 Å². The number of benzene rings is 3. The summed E-state index contributed by atoms with van der Waals surface area (Å²) in [5.74, 6) is 2.05. The molecule has 1 amide bonds. The Hall–Kier alpha value is -3.92. The van der Waals surface area contributed by atoms with Gasteiger partial charge in [-0.1, -0.05) is 35.9 Å². The van der Waals surface area contributed by atoms with E-state index in [1.54, 1.807) is 33.2 Å². The van der Waals surface area contributed by atoms with Gasteiger partial charge in [-0.2, -0.15) is 0 Å². The van der Waals surface area contributed by atoms with Crippen LogP contribution < -0.4 is 26.0 Å². The number of aromatic nitrogens is 2. The number of hydrogen-bond acceptors (Lipinski definition) is 8. The van der Waals surface area contributed by atoms with E-state index in [-0.39, 0.29) is 18.6 Å². The van der Waals surface area contributed by atoms with E-state index in [1.807, 2.05) is 61.5 Å². The van der Waals surface area contributed by atoms with Crippen LogP contribution in [0.4, 0.5) is 23.0 Å². The minimum Gasteiger partial charge on any atom is -0.497 e. The highest BCUT2D eigenvalue weighted by atomic mass is 35.5. The predicted molar refractivity (Wildman–Crippen MR) is 164 cm³/mol. The first-order valence-electron chi connectivity index (χ1n) is 13.1. The Morgan fingerprint density at radius 3 is 2.38 bits per heavy atom. The van der Waals surface area contributed by atoms with Gasteiger partial charge in [-0.25, -0.2) is 9.97 Å². The van der Waals surface area contributed by atoms with Crippen LogP contribution in [0.15, 0.2) is 66.7 Å². The van der Waals surface area contributed by atoms with Gasteiger partial charge in [-0.05, 0) is 75.2 Å². The highest BCUT2D eigenvalue weighted by Crippen LogP contribution is 2.31. The van der Waals surface area contributed by atoms with Gasteiger partial charge in [0.25, 0.3) is 0 Å². The number of rotatable bonds is 6. The maximum atomic E-state index is 11.8. The fourth-order valence-electron chi connectivity index (χ4n) is 3.98. The number of fused-ring (bicyclic) bond motifs is 1. The molecule has 212 valence electrons. The van der Waals surface area contributed by atoms with E-state index >= 15 is 0 Å². The van der Waals surface area contributed by atoms with Crippen molar-refractivity contribution in [1.82, 2.24) is 15.3 Å². The second-order valence-corrected chi connectivity index (χ2v) is 9.36. The Morgan fingerprint density at radius 2 is 1.77 bits per heavy atom. The molecule has 1 aliphatic heterocycles. The van der Waals surface area contributed by atoms with Gasteiger partial charge in [-0.15, -0.1) is 0 Å². The van der Waals surface area contributed by atoms with Crippen LogP contribution in [0.25, 0.3) is 11.0 Å². The van der Waals surface area contributed by atoms with E-state index in [0.717, 1.165) is 41.7 Å². The number of carbonyl (C=O) groups is 1. The number of hydrogen-bond donors (Lipinski definition) is 5. The van der Waals surface area contributed by atoms with Gasteiger partial charge in [0.1, 0.15) is 5.75 Å². The summed E-state index contributed by atoms with van der Waals surface area (Å²) in [7, 11) is 3.42. The molecule has 2 heterocycles. The van der Waals surface area contributed by atoms with E-state index in [1.165, 1.54) is 0 Å². The third-order valence-electron chi connectivity index (χ3n) is 5.90. The van der Waals surface area contributed by atoms with Gasteiger partial charge in [0.05, 0.1) is 34.9 Å². The van der Waals surface area contributed by atoms with Crippen molar-refractivity contribution < 1.29 is 14.6 Å². The van der Waals surface area contributed by atoms with E-state index in [2.05, 4.69) is 31.2 Å². The molecule has 1 aromatic heterocycles. The van der Waals surface area contributed by atoms with Crippen molar-refractivity contribution in [2.45, 2.75) is 32.7 Å². The van der Waals surface area contributed by atoms with Crippen LogP contribution in [0.1, 0.15) is 25.3 Å². The lowest BCUT2D eigenvalue weighted by atomic mass is 10.2. The normalized spacial score (nSPS) is 13.8. The van der Waals surface area contributed by atoms with Crippen LogP contribution in [0, 0.1) is 6.92 Å². The van der Waals surface area contributed by atoms with Crippen LogP contribution in [0.3, 0.4) is 0 Å². The van der Waals surface area contributed by atoms with Crippen LogP contribution >= 0.6 is 11.6 Å². The molecule has 5 N–H and O–H groups in total. The van der Waals surface area contributed by atoms with Gasteiger partial charge >= 0.3 is 0 Å². The maximum Gasteiger partial charge on any atom is 0.241 e. The summed E-state index contributed by atoms with van der Waals surface area (Å²) in [5, 5.41) is 20.5. The molecule has 0 radical (unpaired) electrons. The van der Waals surface area contributed by atoms with Crippen LogP contribution in [-0.2, 0) is 4.79 Å². The molecule has 1 atom stereocenters. The molecule has 0 bridgehead atoms. The quantitative estimate of drug-likeness (QED) is 0.200. The van der Waals surface area contributed by atoms with Gasteiger partial charge < -0.3 is 31.1 Å². The van der Waals surface area contributed by atoms with Crippen molar-refractivity contribution >= 4 is 51.6 Å². The third kappa shape index (κ3) is 8.81. The van der Waals surface area contributed by atoms with Crippen molar-refractivity contribution in [3.05, 3.63) is 77.3 Å². The van der Waals surface area contributed by atoms with Crippen LogP contribution in [-0.4, -0.2) is 54.3 Å². The van der Waals surface area contributed by atoms with Gasteiger partial charge in [0.15, 0.2) is 11.6 Å². The molecule has 1 saturated heterocycles. The molecule has 1 fully saturated rings. The minimum atomic E-state index is -0.00878. The Bertz CT molecular complexity index is 1400. The summed E-state index contributed by atoms with van der Waals surface area (Å²) >= 11 is 6.23. The number of nitrogens with zero attached hydrogens (tertiary/aromatic N) is 2. The minimum absolute atomic E-state index is 0.00878. The zero-order valence-electron chi connectivity index (χ0n) is 23.3. The molecular weight excluding hydrogens is 528 g/mol. The number of nitrogens with one attached hydrogen (secondary N) is 4. The second-order valence-electron chi connectivity index (χ2n) is 8.95. The molecule has 0 aliphatic carbocycles. The molecule has 1 aliphatic rings. The van der Waals surface area contributed by atoms with Crippen molar-refractivity contribution in [3.63, 3.8) is 0 Å². The number of methoxy groups -OCH3 is 1. The molecule has 0 spiro atoms. The van der Waals surface area contributed by atoms with Gasteiger partial charge in [-0.3, -0.25) is 4.79 Å². The van der Waals surface area contributed by atoms with Crippen molar-refractivity contribution in [3.8, 4) is 5.75 Å². The fraction of sp³-hybridized carbons (Fsp3) is 0.300. The monoisotopic (exact) mass is 564 g/mol. The Kier molecular flexibility index (Phi) is 12.0. The lowest BCUT2D eigenvalue weighted by Gasteiger charge is -2.13.